The number of esters is 1. The first-order valence-electron chi connectivity index (χ1n) is 12.5. The molecule has 0 aliphatic rings. The molecule has 3 rings (SSSR count). The number of alkyl halides is 12. The lowest BCUT2D eigenvalue weighted by Gasteiger charge is -2.16. The Morgan fingerprint density at radius 3 is 0.957 bits per heavy atom. The van der Waals surface area contributed by atoms with Crippen molar-refractivity contribution in [2.24, 2.45) is 0 Å². The average molecular weight is 680 g/mol. The number of carbonyl (C=O) groups is 1. The van der Waals surface area contributed by atoms with Gasteiger partial charge in [0.25, 0.3) is 0 Å². The van der Waals surface area contributed by atoms with Gasteiger partial charge in [0.15, 0.2) is 0 Å². The molecular formula is C28H20F12O6. The lowest BCUT2D eigenvalue weighted by molar-refractivity contribution is -0.144. The minimum Gasteiger partial charge on any atom is -0.490 e. The van der Waals surface area contributed by atoms with Crippen LogP contribution in [0.4, 0.5) is 52.7 Å². The van der Waals surface area contributed by atoms with Crippen molar-refractivity contribution < 1.29 is 81.2 Å². The first-order valence-corrected chi connectivity index (χ1v) is 12.5. The third-order valence-electron chi connectivity index (χ3n) is 5.67. The molecule has 0 unspecified atom stereocenters. The van der Waals surface area contributed by atoms with Crippen LogP contribution in [-0.4, -0.2) is 39.5 Å². The van der Waals surface area contributed by atoms with E-state index >= 15 is 0 Å². The maximum absolute atomic E-state index is 13.0. The Labute approximate surface area is 251 Å². The number of hydrogen-bond acceptors (Lipinski definition) is 6. The van der Waals surface area contributed by atoms with E-state index in [1.807, 2.05) is 0 Å². The minimum absolute atomic E-state index is 0.0758. The van der Waals surface area contributed by atoms with Crippen molar-refractivity contribution >= 4 is 5.97 Å². The van der Waals surface area contributed by atoms with Crippen LogP contribution in [0.1, 0.15) is 32.6 Å². The van der Waals surface area contributed by atoms with Crippen molar-refractivity contribution in [1.82, 2.24) is 0 Å². The highest BCUT2D eigenvalue weighted by atomic mass is 19.4. The maximum Gasteiger partial charge on any atom is 0.416 e. The van der Waals surface area contributed by atoms with Gasteiger partial charge in [-0.2, -0.15) is 52.7 Å². The summed E-state index contributed by atoms with van der Waals surface area (Å²) >= 11 is 0. The van der Waals surface area contributed by atoms with E-state index in [1.165, 1.54) is 6.07 Å². The number of methoxy groups -OCH3 is 1. The van der Waals surface area contributed by atoms with Gasteiger partial charge in [0.05, 0.1) is 34.9 Å². The molecule has 3 aromatic rings. The number of benzene rings is 3. The van der Waals surface area contributed by atoms with Gasteiger partial charge in [-0.15, -0.1) is 0 Å². The summed E-state index contributed by atoms with van der Waals surface area (Å²) in [5, 5.41) is 0. The zero-order chi connectivity index (χ0) is 34.5. The zero-order valence-corrected chi connectivity index (χ0v) is 23.0. The molecule has 0 saturated carbocycles. The van der Waals surface area contributed by atoms with Crippen molar-refractivity contribution in [1.29, 1.82) is 0 Å². The molecule has 3 aromatic carbocycles. The Balaban J connectivity index is 1.67. The topological polar surface area (TPSA) is 63.2 Å². The highest BCUT2D eigenvalue weighted by molar-refractivity contribution is 5.90. The second-order valence-electron chi connectivity index (χ2n) is 9.06. The number of halogens is 12. The SMILES string of the molecule is COC(=O)c1cc(OCCOc2cc(C(F)(F)F)cc(C(F)(F)F)c2)cc(OCCOc2cc(C(F)(F)F)cc(C(F)(F)F)c2)c1. The summed E-state index contributed by atoms with van der Waals surface area (Å²) in [6.07, 6.45) is -20.4. The van der Waals surface area contributed by atoms with Crippen LogP contribution in [0.15, 0.2) is 54.6 Å². The van der Waals surface area contributed by atoms with Crippen molar-refractivity contribution in [2.75, 3.05) is 33.5 Å². The molecular weight excluding hydrogens is 660 g/mol. The summed E-state index contributed by atoms with van der Waals surface area (Å²) in [4.78, 5) is 12.0. The second-order valence-corrected chi connectivity index (χ2v) is 9.06. The molecule has 18 heteroatoms. The normalized spacial score (nSPS) is 12.5. The van der Waals surface area contributed by atoms with Crippen LogP contribution in [0, 0.1) is 0 Å². The second kappa shape index (κ2) is 13.9. The number of hydrogen-bond donors (Lipinski definition) is 0. The minimum atomic E-state index is -5.09. The molecule has 0 fully saturated rings. The molecule has 0 N–H and O–H groups in total. The predicted octanol–water partition coefficient (Wildman–Crippen LogP) is 8.46. The molecule has 0 aliphatic carbocycles. The van der Waals surface area contributed by atoms with Gasteiger partial charge in [-0.05, 0) is 48.5 Å². The molecule has 0 radical (unpaired) electrons. The molecule has 252 valence electrons. The van der Waals surface area contributed by atoms with Gasteiger partial charge < -0.3 is 23.7 Å². The van der Waals surface area contributed by atoms with Gasteiger partial charge in [-0.1, -0.05) is 0 Å². The van der Waals surface area contributed by atoms with Gasteiger partial charge >= 0.3 is 30.7 Å². The molecule has 0 bridgehead atoms. The van der Waals surface area contributed by atoms with E-state index in [4.69, 9.17) is 18.9 Å². The maximum atomic E-state index is 13.0. The predicted molar refractivity (Wildman–Crippen MR) is 133 cm³/mol. The summed E-state index contributed by atoms with van der Waals surface area (Å²) in [6.45, 7) is -2.02. The van der Waals surface area contributed by atoms with Crippen molar-refractivity contribution in [3.05, 3.63) is 82.4 Å². The molecule has 0 atom stereocenters. The smallest absolute Gasteiger partial charge is 0.416 e. The Bertz CT molecular complexity index is 1340. The van der Waals surface area contributed by atoms with Gasteiger partial charge in [0.1, 0.15) is 49.4 Å². The first-order chi connectivity index (χ1) is 21.2. The Morgan fingerprint density at radius 2 is 0.717 bits per heavy atom. The van der Waals surface area contributed by atoms with E-state index in [2.05, 4.69) is 4.74 Å². The molecule has 0 aliphatic heterocycles. The molecule has 46 heavy (non-hydrogen) atoms. The van der Waals surface area contributed by atoms with Crippen molar-refractivity contribution in [2.45, 2.75) is 24.7 Å². The molecule has 0 spiro atoms. The summed E-state index contributed by atoms with van der Waals surface area (Å²) in [5.41, 5.74) is -6.53. The Morgan fingerprint density at radius 1 is 0.457 bits per heavy atom. The van der Waals surface area contributed by atoms with Crippen LogP contribution < -0.4 is 18.9 Å². The molecule has 6 nitrogen and oxygen atoms in total. The van der Waals surface area contributed by atoms with Gasteiger partial charge in [0.2, 0.25) is 0 Å². The van der Waals surface area contributed by atoms with E-state index in [0.29, 0.717) is 24.3 Å². The summed E-state index contributed by atoms with van der Waals surface area (Å²) in [5.74, 6) is -2.62. The highest BCUT2D eigenvalue weighted by Crippen LogP contribution is 2.39. The monoisotopic (exact) mass is 680 g/mol. The third kappa shape index (κ3) is 10.3. The van der Waals surface area contributed by atoms with Crippen molar-refractivity contribution in [3.8, 4) is 23.0 Å². The lowest BCUT2D eigenvalue weighted by atomic mass is 10.1. The fourth-order valence-electron chi connectivity index (χ4n) is 3.63. The van der Waals surface area contributed by atoms with Crippen LogP contribution in [0.5, 0.6) is 23.0 Å². The molecule has 0 heterocycles. The molecule has 0 amide bonds. The fraction of sp³-hybridized carbons (Fsp3) is 0.321. The lowest BCUT2D eigenvalue weighted by Crippen LogP contribution is -2.14. The van der Waals surface area contributed by atoms with E-state index < -0.39 is 90.9 Å². The largest absolute Gasteiger partial charge is 0.490 e. The van der Waals surface area contributed by atoms with Gasteiger partial charge in [-0.3, -0.25) is 0 Å². The van der Waals surface area contributed by atoms with E-state index in [-0.39, 0.29) is 29.2 Å². The Hall–Kier alpha value is -4.51. The van der Waals surface area contributed by atoms with Crippen LogP contribution in [-0.2, 0) is 29.4 Å². The summed E-state index contributed by atoms with van der Waals surface area (Å²) < 4.78 is 182. The standard InChI is InChI=1S/C28H20F12O6/c1-42-24(41)15-6-20(43-2-4-45-22-10-16(25(29,30)31)8-17(11-22)26(32,33)34)14-21(7-15)44-3-5-46-23-12-18(27(35,36)37)9-19(13-23)28(38,39)40/h6-14H,2-5H2,1H3. The fourth-order valence-corrected chi connectivity index (χ4v) is 3.63. The quantitative estimate of drug-likeness (QED) is 0.115. The van der Waals surface area contributed by atoms with Gasteiger partial charge in [0, 0.05) is 6.07 Å². The first kappa shape index (κ1) is 36.0. The Kier molecular flexibility index (Phi) is 10.8. The van der Waals surface area contributed by atoms with Crippen LogP contribution in [0.3, 0.4) is 0 Å². The van der Waals surface area contributed by atoms with Crippen LogP contribution >= 0.6 is 0 Å². The van der Waals surface area contributed by atoms with Crippen LogP contribution in [0.2, 0.25) is 0 Å². The van der Waals surface area contributed by atoms with Crippen LogP contribution in [0.25, 0.3) is 0 Å². The van der Waals surface area contributed by atoms with Crippen molar-refractivity contribution in [3.63, 3.8) is 0 Å². The molecule has 0 aromatic heterocycles. The number of ether oxygens (including phenoxy) is 5. The van der Waals surface area contributed by atoms with E-state index in [9.17, 15) is 57.5 Å². The summed E-state index contributed by atoms with van der Waals surface area (Å²) in [6, 6.07) is 4.76. The number of rotatable bonds is 11. The van der Waals surface area contributed by atoms with E-state index in [1.54, 1.807) is 0 Å². The highest BCUT2D eigenvalue weighted by Gasteiger charge is 2.38. The van der Waals surface area contributed by atoms with Gasteiger partial charge in [-0.25, -0.2) is 4.79 Å². The zero-order valence-electron chi connectivity index (χ0n) is 23.0. The molecule has 0 saturated heterocycles. The third-order valence-corrected chi connectivity index (χ3v) is 5.67. The van der Waals surface area contributed by atoms with E-state index in [0.717, 1.165) is 19.2 Å². The number of carbonyl (C=O) groups excluding carboxylic acids is 1. The average Bonchev–Trinajstić information content (AvgIpc) is 2.95. The summed E-state index contributed by atoms with van der Waals surface area (Å²) in [7, 11) is 1.03.